The van der Waals surface area contributed by atoms with Gasteiger partial charge in [0.25, 0.3) is 0 Å². The second-order valence-electron chi connectivity index (χ2n) is 5.61. The van der Waals surface area contributed by atoms with E-state index in [-0.39, 0.29) is 0 Å². The van der Waals surface area contributed by atoms with Crippen LogP contribution in [0.1, 0.15) is 43.4 Å². The van der Waals surface area contributed by atoms with E-state index in [1.807, 2.05) is 0 Å². The smallest absolute Gasteiger partial charge is 0.225 e. The molecule has 1 aliphatic heterocycles. The molecular formula is C16H21NOS. The number of likely N-dealkylation sites (tertiary alicyclic amines) is 1. The average Bonchev–Trinajstić information content (AvgIpc) is 3.17. The third-order valence-corrected chi connectivity index (χ3v) is 4.91. The van der Waals surface area contributed by atoms with Crippen LogP contribution in [0.15, 0.2) is 23.6 Å². The topological polar surface area (TPSA) is 20.3 Å². The van der Waals surface area contributed by atoms with Gasteiger partial charge in [-0.3, -0.25) is 4.79 Å². The second-order valence-corrected chi connectivity index (χ2v) is 6.59. The molecule has 2 nitrogen and oxygen atoms in total. The van der Waals surface area contributed by atoms with Gasteiger partial charge in [-0.25, -0.2) is 0 Å². The zero-order valence-electron chi connectivity index (χ0n) is 11.3. The molecule has 102 valence electrons. The minimum atomic E-state index is 0.363. The predicted molar refractivity (Wildman–Crippen MR) is 80.0 cm³/mol. The van der Waals surface area contributed by atoms with Crippen LogP contribution in [0, 0.1) is 5.92 Å². The second kappa shape index (κ2) is 5.91. The molecule has 1 atom stereocenters. The van der Waals surface area contributed by atoms with Gasteiger partial charge in [0.15, 0.2) is 0 Å². The van der Waals surface area contributed by atoms with Crippen LogP contribution < -0.4 is 0 Å². The lowest BCUT2D eigenvalue weighted by Crippen LogP contribution is -2.44. The van der Waals surface area contributed by atoms with Crippen LogP contribution in [-0.4, -0.2) is 23.4 Å². The van der Waals surface area contributed by atoms with E-state index in [4.69, 9.17) is 0 Å². The zero-order chi connectivity index (χ0) is 13.1. The molecule has 0 N–H and O–H groups in total. The molecule has 2 aliphatic rings. The van der Waals surface area contributed by atoms with Gasteiger partial charge in [-0.2, -0.15) is 0 Å². The number of thiophene rings is 1. The molecule has 0 spiro atoms. The van der Waals surface area contributed by atoms with Gasteiger partial charge in [-0.15, -0.1) is 11.3 Å². The van der Waals surface area contributed by atoms with Crippen molar-refractivity contribution in [3.63, 3.8) is 0 Å². The van der Waals surface area contributed by atoms with E-state index in [9.17, 15) is 4.79 Å². The van der Waals surface area contributed by atoms with Gasteiger partial charge in [-0.05, 0) is 56.0 Å². The number of amides is 1. The van der Waals surface area contributed by atoms with E-state index < -0.39 is 0 Å². The fraction of sp³-hybridized carbons (Fsp3) is 0.562. The number of carbonyl (C=O) groups excluding carboxylic acids is 1. The van der Waals surface area contributed by atoms with Crippen molar-refractivity contribution in [1.82, 2.24) is 4.90 Å². The monoisotopic (exact) mass is 275 g/mol. The van der Waals surface area contributed by atoms with E-state index in [2.05, 4.69) is 34.6 Å². The highest BCUT2D eigenvalue weighted by Gasteiger charge is 2.36. The Morgan fingerprint density at radius 3 is 3.00 bits per heavy atom. The molecule has 0 aromatic carbocycles. The summed E-state index contributed by atoms with van der Waals surface area (Å²) in [5.74, 6) is 0.788. The van der Waals surface area contributed by atoms with Crippen LogP contribution in [0.3, 0.4) is 0 Å². The van der Waals surface area contributed by atoms with Gasteiger partial charge in [0.1, 0.15) is 0 Å². The van der Waals surface area contributed by atoms with Crippen LogP contribution in [0.5, 0.6) is 0 Å². The number of rotatable bonds is 4. The minimum Gasteiger partial charge on any atom is -0.339 e. The highest BCUT2D eigenvalue weighted by atomic mass is 32.1. The van der Waals surface area contributed by atoms with E-state index in [1.165, 1.54) is 24.1 Å². The Kier molecular flexibility index (Phi) is 4.02. The minimum absolute atomic E-state index is 0.363. The average molecular weight is 275 g/mol. The van der Waals surface area contributed by atoms with Gasteiger partial charge in [-0.1, -0.05) is 12.1 Å². The Labute approximate surface area is 119 Å². The Morgan fingerprint density at radius 2 is 2.26 bits per heavy atom. The van der Waals surface area contributed by atoms with Crippen LogP contribution in [0.25, 0.3) is 6.08 Å². The standard InChI is InChI=1S/C16H21NOS/c18-16(13-9-10-13)17-11-2-1-5-14(17)6-3-7-15-8-4-12-19-15/h3-4,7-8,12-14H,1-2,5-6,9-11H2/b7-3+. The largest absolute Gasteiger partial charge is 0.339 e. The molecule has 1 amide bonds. The molecule has 3 rings (SSSR count). The molecule has 1 unspecified atom stereocenters. The summed E-state index contributed by atoms with van der Waals surface area (Å²) in [4.78, 5) is 15.7. The first-order valence-corrected chi connectivity index (χ1v) is 8.23. The summed E-state index contributed by atoms with van der Waals surface area (Å²) in [7, 11) is 0. The molecule has 1 saturated heterocycles. The molecule has 0 bridgehead atoms. The fourth-order valence-corrected chi connectivity index (χ4v) is 3.47. The van der Waals surface area contributed by atoms with E-state index in [1.54, 1.807) is 11.3 Å². The van der Waals surface area contributed by atoms with Gasteiger partial charge >= 0.3 is 0 Å². The number of nitrogens with zero attached hydrogens (tertiary/aromatic N) is 1. The molecule has 3 heteroatoms. The van der Waals surface area contributed by atoms with Crippen molar-refractivity contribution in [2.75, 3.05) is 6.54 Å². The Bertz CT molecular complexity index is 447. The number of piperidine rings is 1. The number of hydrogen-bond donors (Lipinski definition) is 0. The van der Waals surface area contributed by atoms with Crippen molar-refractivity contribution in [3.05, 3.63) is 28.5 Å². The predicted octanol–water partition coefficient (Wildman–Crippen LogP) is 3.94. The van der Waals surface area contributed by atoms with Crippen molar-refractivity contribution in [2.45, 2.75) is 44.6 Å². The first-order chi connectivity index (χ1) is 9.34. The molecule has 1 aromatic heterocycles. The van der Waals surface area contributed by atoms with Crippen molar-refractivity contribution < 1.29 is 4.79 Å². The SMILES string of the molecule is O=C(C1CC1)N1CCCCC1C/C=C/c1cccs1. The van der Waals surface area contributed by atoms with Gasteiger partial charge in [0.05, 0.1) is 0 Å². The van der Waals surface area contributed by atoms with Crippen molar-refractivity contribution in [2.24, 2.45) is 5.92 Å². The molecule has 1 aliphatic carbocycles. The maximum Gasteiger partial charge on any atom is 0.225 e. The van der Waals surface area contributed by atoms with Gasteiger partial charge < -0.3 is 4.90 Å². The Hall–Kier alpha value is -1.09. The first kappa shape index (κ1) is 12.9. The lowest BCUT2D eigenvalue weighted by molar-refractivity contribution is -0.136. The maximum atomic E-state index is 12.3. The molecule has 19 heavy (non-hydrogen) atoms. The summed E-state index contributed by atoms with van der Waals surface area (Å²) >= 11 is 1.76. The lowest BCUT2D eigenvalue weighted by Gasteiger charge is -2.35. The summed E-state index contributed by atoms with van der Waals surface area (Å²) < 4.78 is 0. The normalized spacial score (nSPS) is 24.0. The van der Waals surface area contributed by atoms with Crippen LogP contribution >= 0.6 is 11.3 Å². The third kappa shape index (κ3) is 3.27. The molecule has 1 saturated carbocycles. The van der Waals surface area contributed by atoms with Crippen molar-refractivity contribution in [3.8, 4) is 0 Å². The highest BCUT2D eigenvalue weighted by Crippen LogP contribution is 2.34. The molecule has 0 radical (unpaired) electrons. The summed E-state index contributed by atoms with van der Waals surface area (Å²) in [5.41, 5.74) is 0. The van der Waals surface area contributed by atoms with Gasteiger partial charge in [0.2, 0.25) is 5.91 Å². The van der Waals surface area contributed by atoms with Crippen LogP contribution in [0.2, 0.25) is 0 Å². The maximum absolute atomic E-state index is 12.3. The van der Waals surface area contributed by atoms with Crippen molar-refractivity contribution >= 4 is 23.3 Å². The van der Waals surface area contributed by atoms with E-state index in [0.29, 0.717) is 17.9 Å². The molecule has 2 fully saturated rings. The summed E-state index contributed by atoms with van der Waals surface area (Å²) in [6.07, 6.45) is 11.3. The molecule has 1 aromatic rings. The van der Waals surface area contributed by atoms with Crippen LogP contribution in [0.4, 0.5) is 0 Å². The van der Waals surface area contributed by atoms with Crippen LogP contribution in [-0.2, 0) is 4.79 Å². The highest BCUT2D eigenvalue weighted by molar-refractivity contribution is 7.10. The number of carbonyl (C=O) groups is 1. The first-order valence-electron chi connectivity index (χ1n) is 7.35. The summed E-state index contributed by atoms with van der Waals surface area (Å²) in [5, 5.41) is 2.10. The summed E-state index contributed by atoms with van der Waals surface area (Å²) in [6.45, 7) is 0.979. The number of hydrogen-bond acceptors (Lipinski definition) is 2. The van der Waals surface area contributed by atoms with Gasteiger partial charge in [0, 0.05) is 23.4 Å². The summed E-state index contributed by atoms with van der Waals surface area (Å²) in [6, 6.07) is 4.65. The van der Waals surface area contributed by atoms with E-state index >= 15 is 0 Å². The molecule has 2 heterocycles. The molecular weight excluding hydrogens is 254 g/mol. The van der Waals surface area contributed by atoms with Crippen molar-refractivity contribution in [1.29, 1.82) is 0 Å². The Morgan fingerprint density at radius 1 is 1.37 bits per heavy atom. The fourth-order valence-electron chi connectivity index (χ4n) is 2.83. The quantitative estimate of drug-likeness (QED) is 0.815. The zero-order valence-corrected chi connectivity index (χ0v) is 12.1. The Balaban J connectivity index is 1.58. The lowest BCUT2D eigenvalue weighted by atomic mass is 9.98. The van der Waals surface area contributed by atoms with E-state index in [0.717, 1.165) is 25.8 Å². The third-order valence-electron chi connectivity index (χ3n) is 4.07.